The molecule has 4 heteroatoms. The first-order valence-electron chi connectivity index (χ1n) is 7.32. The summed E-state index contributed by atoms with van der Waals surface area (Å²) in [5.41, 5.74) is 2.91. The summed E-state index contributed by atoms with van der Waals surface area (Å²) in [6.45, 7) is 6.61. The number of nitrogens with one attached hydrogen (secondary N) is 1. The number of fused-ring (bicyclic) bond motifs is 1. The molecule has 0 radical (unpaired) electrons. The van der Waals surface area contributed by atoms with Gasteiger partial charge in [0.05, 0.1) is 16.7 Å². The largest absolute Gasteiger partial charge is 0.365 e. The van der Waals surface area contributed by atoms with E-state index in [0.717, 1.165) is 42.1 Å². The van der Waals surface area contributed by atoms with Crippen molar-refractivity contribution in [3.8, 4) is 0 Å². The highest BCUT2D eigenvalue weighted by Gasteiger charge is 2.24. The summed E-state index contributed by atoms with van der Waals surface area (Å²) in [6, 6.07) is 8.53. The Kier molecular flexibility index (Phi) is 3.57. The molecule has 1 saturated heterocycles. The Labute approximate surface area is 120 Å². The van der Waals surface area contributed by atoms with Crippen molar-refractivity contribution in [2.75, 3.05) is 25.5 Å². The third-order valence-corrected chi connectivity index (χ3v) is 4.18. The highest BCUT2D eigenvalue weighted by atomic mass is 15.1. The number of hydrogen-bond donors (Lipinski definition) is 1. The highest BCUT2D eigenvalue weighted by molar-refractivity contribution is 5.76. The van der Waals surface area contributed by atoms with E-state index in [2.05, 4.69) is 29.2 Å². The van der Waals surface area contributed by atoms with Gasteiger partial charge in [-0.3, -0.25) is 0 Å². The van der Waals surface area contributed by atoms with Crippen LogP contribution in [-0.4, -0.2) is 41.0 Å². The fraction of sp³-hybridized carbons (Fsp3) is 0.500. The van der Waals surface area contributed by atoms with Crippen LogP contribution in [0.5, 0.6) is 0 Å². The summed E-state index contributed by atoms with van der Waals surface area (Å²) < 4.78 is 0. The topological polar surface area (TPSA) is 41.1 Å². The van der Waals surface area contributed by atoms with E-state index >= 15 is 0 Å². The molecule has 2 aromatic rings. The van der Waals surface area contributed by atoms with Crippen LogP contribution in [0.15, 0.2) is 24.3 Å². The molecule has 20 heavy (non-hydrogen) atoms. The van der Waals surface area contributed by atoms with Crippen LogP contribution >= 0.6 is 0 Å². The Morgan fingerprint density at radius 1 is 1.20 bits per heavy atom. The Balaban J connectivity index is 1.85. The zero-order valence-electron chi connectivity index (χ0n) is 12.4. The van der Waals surface area contributed by atoms with Gasteiger partial charge >= 0.3 is 0 Å². The first kappa shape index (κ1) is 13.3. The monoisotopic (exact) mass is 270 g/mol. The van der Waals surface area contributed by atoms with E-state index in [-0.39, 0.29) is 0 Å². The van der Waals surface area contributed by atoms with E-state index in [9.17, 15) is 0 Å². The summed E-state index contributed by atoms with van der Waals surface area (Å²) in [5.74, 6) is 1.56. The molecule has 0 bridgehead atoms. The van der Waals surface area contributed by atoms with Crippen molar-refractivity contribution in [2.45, 2.75) is 26.3 Å². The van der Waals surface area contributed by atoms with Gasteiger partial charge in [-0.15, -0.1) is 0 Å². The molecule has 2 heterocycles. The molecule has 1 aliphatic rings. The summed E-state index contributed by atoms with van der Waals surface area (Å²) in [5, 5.41) is 3.61. The number of aromatic nitrogens is 2. The van der Waals surface area contributed by atoms with Gasteiger partial charge in [-0.05, 0) is 45.0 Å². The number of anilines is 1. The second-order valence-corrected chi connectivity index (χ2v) is 5.93. The lowest BCUT2D eigenvalue weighted by molar-refractivity contribution is 0.206. The molecule has 0 saturated carbocycles. The van der Waals surface area contributed by atoms with Crippen LogP contribution in [0.4, 0.5) is 5.82 Å². The molecule has 0 spiro atoms. The maximum atomic E-state index is 4.74. The fourth-order valence-electron chi connectivity index (χ4n) is 2.97. The van der Waals surface area contributed by atoms with Crippen LogP contribution in [-0.2, 0) is 0 Å². The van der Waals surface area contributed by atoms with E-state index in [0.29, 0.717) is 12.0 Å². The maximum absolute atomic E-state index is 4.74. The minimum absolute atomic E-state index is 0.486. The number of hydrogen-bond acceptors (Lipinski definition) is 4. The van der Waals surface area contributed by atoms with Crippen molar-refractivity contribution in [1.29, 1.82) is 0 Å². The van der Waals surface area contributed by atoms with Crippen molar-refractivity contribution in [3.63, 3.8) is 0 Å². The molecule has 1 N–H and O–H groups in total. The molecule has 106 valence electrons. The normalized spacial score (nSPS) is 23.9. The maximum Gasteiger partial charge on any atom is 0.148 e. The van der Waals surface area contributed by atoms with E-state index < -0.39 is 0 Å². The number of benzene rings is 1. The van der Waals surface area contributed by atoms with Crippen molar-refractivity contribution < 1.29 is 0 Å². The number of likely N-dealkylation sites (tertiary alicyclic amines) is 1. The predicted molar refractivity (Wildman–Crippen MR) is 83.0 cm³/mol. The molecule has 0 amide bonds. The Bertz CT molecular complexity index is 610. The third kappa shape index (κ3) is 2.61. The molecule has 4 nitrogen and oxygen atoms in total. The Hall–Kier alpha value is -1.68. The van der Waals surface area contributed by atoms with Gasteiger partial charge in [-0.1, -0.05) is 19.1 Å². The second-order valence-electron chi connectivity index (χ2n) is 5.93. The zero-order valence-corrected chi connectivity index (χ0v) is 12.4. The van der Waals surface area contributed by atoms with Gasteiger partial charge in [0, 0.05) is 12.6 Å². The summed E-state index contributed by atoms with van der Waals surface area (Å²) >= 11 is 0. The quantitative estimate of drug-likeness (QED) is 0.911. The lowest BCUT2D eigenvalue weighted by Gasteiger charge is -2.35. The minimum atomic E-state index is 0.486. The van der Waals surface area contributed by atoms with Gasteiger partial charge in [0.2, 0.25) is 0 Å². The fourth-order valence-corrected chi connectivity index (χ4v) is 2.97. The molecular formula is C16H22N4. The molecule has 0 aliphatic carbocycles. The van der Waals surface area contributed by atoms with Crippen LogP contribution in [0.1, 0.15) is 19.0 Å². The van der Waals surface area contributed by atoms with Gasteiger partial charge in [0.15, 0.2) is 0 Å². The summed E-state index contributed by atoms with van der Waals surface area (Å²) in [6.07, 6.45) is 1.16. The summed E-state index contributed by atoms with van der Waals surface area (Å²) in [7, 11) is 2.19. The average molecular weight is 270 g/mol. The summed E-state index contributed by atoms with van der Waals surface area (Å²) in [4.78, 5) is 11.8. The molecule has 2 atom stereocenters. The van der Waals surface area contributed by atoms with Crippen molar-refractivity contribution in [2.24, 2.45) is 5.92 Å². The lowest BCUT2D eigenvalue weighted by atomic mass is 9.94. The minimum Gasteiger partial charge on any atom is -0.365 e. The van der Waals surface area contributed by atoms with Gasteiger partial charge in [0.25, 0.3) is 0 Å². The third-order valence-electron chi connectivity index (χ3n) is 4.18. The van der Waals surface area contributed by atoms with Gasteiger partial charge in [-0.2, -0.15) is 0 Å². The smallest absolute Gasteiger partial charge is 0.148 e. The molecule has 1 fully saturated rings. The molecule has 1 aliphatic heterocycles. The lowest BCUT2D eigenvalue weighted by Crippen LogP contribution is -2.43. The van der Waals surface area contributed by atoms with Crippen LogP contribution in [0.25, 0.3) is 11.0 Å². The number of para-hydroxylation sites is 2. The van der Waals surface area contributed by atoms with Gasteiger partial charge in [0.1, 0.15) is 5.82 Å². The SMILES string of the molecule is Cc1nc2ccccc2nc1NC1CCN(C)CC1C. The predicted octanol–water partition coefficient (Wildman–Crippen LogP) is 2.69. The van der Waals surface area contributed by atoms with E-state index in [1.54, 1.807) is 0 Å². The van der Waals surface area contributed by atoms with E-state index in [1.165, 1.54) is 0 Å². The van der Waals surface area contributed by atoms with Gasteiger partial charge < -0.3 is 10.2 Å². The molecule has 2 unspecified atom stereocenters. The van der Waals surface area contributed by atoms with Crippen molar-refractivity contribution >= 4 is 16.9 Å². The molecular weight excluding hydrogens is 248 g/mol. The number of piperidine rings is 1. The zero-order chi connectivity index (χ0) is 14.1. The second kappa shape index (κ2) is 5.37. The van der Waals surface area contributed by atoms with Crippen LogP contribution in [0.2, 0.25) is 0 Å². The van der Waals surface area contributed by atoms with E-state index in [1.807, 2.05) is 31.2 Å². The number of aryl methyl sites for hydroxylation is 1. The van der Waals surface area contributed by atoms with E-state index in [4.69, 9.17) is 4.98 Å². The number of nitrogens with zero attached hydrogens (tertiary/aromatic N) is 3. The van der Waals surface area contributed by atoms with Crippen molar-refractivity contribution in [1.82, 2.24) is 14.9 Å². The standard InChI is InChI=1S/C16H22N4/c1-11-10-20(3)9-8-13(11)18-16-12(2)17-14-6-4-5-7-15(14)19-16/h4-7,11,13H,8-10H2,1-3H3,(H,18,19). The Morgan fingerprint density at radius 2 is 1.90 bits per heavy atom. The van der Waals surface area contributed by atoms with Gasteiger partial charge in [-0.25, -0.2) is 9.97 Å². The molecule has 3 rings (SSSR count). The van der Waals surface area contributed by atoms with Crippen LogP contribution in [0.3, 0.4) is 0 Å². The first-order chi connectivity index (χ1) is 9.63. The highest BCUT2D eigenvalue weighted by Crippen LogP contribution is 2.22. The van der Waals surface area contributed by atoms with Crippen molar-refractivity contribution in [3.05, 3.63) is 30.0 Å². The first-order valence-corrected chi connectivity index (χ1v) is 7.32. The average Bonchev–Trinajstić information content (AvgIpc) is 2.42. The molecule has 1 aromatic heterocycles. The number of rotatable bonds is 2. The molecule has 1 aromatic carbocycles. The van der Waals surface area contributed by atoms with Crippen LogP contribution in [0, 0.1) is 12.8 Å². The van der Waals surface area contributed by atoms with Crippen LogP contribution < -0.4 is 5.32 Å². The Morgan fingerprint density at radius 3 is 2.60 bits per heavy atom.